The van der Waals surface area contributed by atoms with E-state index in [1.54, 1.807) is 0 Å². The molecule has 2 amide bonds. The van der Waals surface area contributed by atoms with E-state index in [0.717, 1.165) is 41.8 Å². The van der Waals surface area contributed by atoms with Crippen LogP contribution in [0.3, 0.4) is 0 Å². The summed E-state index contributed by atoms with van der Waals surface area (Å²) < 4.78 is 0. The third-order valence-electron chi connectivity index (χ3n) is 5.19. The number of carbonyl (C=O) groups is 2. The van der Waals surface area contributed by atoms with Gasteiger partial charge in [-0.2, -0.15) is 0 Å². The van der Waals surface area contributed by atoms with E-state index in [2.05, 4.69) is 17.4 Å². The number of piperidine rings is 1. The molecule has 0 radical (unpaired) electrons. The molecule has 1 aliphatic heterocycles. The molecule has 4 nitrogen and oxygen atoms in total. The molecule has 1 fully saturated rings. The number of hydrogen-bond acceptors (Lipinski definition) is 2. The van der Waals surface area contributed by atoms with Crippen molar-refractivity contribution in [1.29, 1.82) is 0 Å². The van der Waals surface area contributed by atoms with Crippen molar-refractivity contribution in [3.05, 3.63) is 84.4 Å². The maximum Gasteiger partial charge on any atom is 0.228 e. The lowest BCUT2D eigenvalue weighted by Gasteiger charge is -2.27. The number of carbonyl (C=O) groups excluding carboxylic acids is 2. The van der Waals surface area contributed by atoms with E-state index < -0.39 is 0 Å². The molecule has 4 heteroatoms. The van der Waals surface area contributed by atoms with Gasteiger partial charge < -0.3 is 10.2 Å². The van der Waals surface area contributed by atoms with Crippen LogP contribution in [-0.2, 0) is 16.0 Å². The van der Waals surface area contributed by atoms with Crippen molar-refractivity contribution in [3.8, 4) is 11.1 Å². The Labute approximate surface area is 171 Å². The third kappa shape index (κ3) is 4.72. The summed E-state index contributed by atoms with van der Waals surface area (Å²) in [6.45, 7) is 0.740. The monoisotopic (exact) mass is 384 g/mol. The van der Waals surface area contributed by atoms with Gasteiger partial charge in [-0.1, -0.05) is 60.7 Å². The second-order valence-corrected chi connectivity index (χ2v) is 7.34. The zero-order chi connectivity index (χ0) is 20.1. The number of hydrogen-bond donors (Lipinski definition) is 1. The Morgan fingerprint density at radius 3 is 2.38 bits per heavy atom. The molecule has 0 aliphatic carbocycles. The average molecular weight is 384 g/mol. The van der Waals surface area contributed by atoms with Gasteiger partial charge in [0.25, 0.3) is 0 Å². The molecule has 1 saturated heterocycles. The Balaban J connectivity index is 1.40. The van der Waals surface area contributed by atoms with Crippen molar-refractivity contribution in [2.45, 2.75) is 25.7 Å². The van der Waals surface area contributed by atoms with Crippen LogP contribution in [0.2, 0.25) is 0 Å². The number of anilines is 2. The Morgan fingerprint density at radius 1 is 0.862 bits per heavy atom. The molecular formula is C25H24N2O2. The van der Waals surface area contributed by atoms with Gasteiger partial charge in [-0.15, -0.1) is 0 Å². The molecule has 29 heavy (non-hydrogen) atoms. The molecule has 0 spiro atoms. The van der Waals surface area contributed by atoms with Crippen LogP contribution in [-0.4, -0.2) is 18.4 Å². The smallest absolute Gasteiger partial charge is 0.228 e. The Hall–Kier alpha value is -3.40. The quantitative estimate of drug-likeness (QED) is 0.669. The van der Waals surface area contributed by atoms with Crippen molar-refractivity contribution in [2.24, 2.45) is 0 Å². The molecule has 4 rings (SSSR count). The number of benzene rings is 3. The molecule has 0 aromatic heterocycles. The average Bonchev–Trinajstić information content (AvgIpc) is 2.75. The number of nitrogens with one attached hydrogen (secondary N) is 1. The van der Waals surface area contributed by atoms with Gasteiger partial charge >= 0.3 is 0 Å². The number of amides is 2. The van der Waals surface area contributed by atoms with Gasteiger partial charge in [0.05, 0.1) is 6.42 Å². The molecule has 3 aromatic rings. The van der Waals surface area contributed by atoms with Crippen LogP contribution >= 0.6 is 0 Å². The predicted octanol–water partition coefficient (Wildman–Crippen LogP) is 5.05. The maximum absolute atomic E-state index is 12.5. The van der Waals surface area contributed by atoms with E-state index in [-0.39, 0.29) is 11.8 Å². The van der Waals surface area contributed by atoms with Gasteiger partial charge in [-0.3, -0.25) is 9.59 Å². The number of rotatable bonds is 5. The highest BCUT2D eigenvalue weighted by molar-refractivity contribution is 5.96. The fourth-order valence-corrected chi connectivity index (χ4v) is 3.67. The van der Waals surface area contributed by atoms with Crippen LogP contribution in [0, 0.1) is 0 Å². The summed E-state index contributed by atoms with van der Waals surface area (Å²) >= 11 is 0. The molecule has 0 unspecified atom stereocenters. The second kappa shape index (κ2) is 8.74. The lowest BCUT2D eigenvalue weighted by molar-refractivity contribution is -0.119. The minimum absolute atomic E-state index is 0.0698. The van der Waals surface area contributed by atoms with E-state index in [9.17, 15) is 9.59 Å². The molecule has 0 bridgehead atoms. The first-order valence-corrected chi connectivity index (χ1v) is 10.0. The van der Waals surface area contributed by atoms with Crippen molar-refractivity contribution < 1.29 is 9.59 Å². The van der Waals surface area contributed by atoms with Gasteiger partial charge in [-0.25, -0.2) is 0 Å². The van der Waals surface area contributed by atoms with Crippen LogP contribution in [0.4, 0.5) is 11.4 Å². The van der Waals surface area contributed by atoms with Crippen molar-refractivity contribution in [1.82, 2.24) is 0 Å². The van der Waals surface area contributed by atoms with E-state index in [1.807, 2.05) is 71.6 Å². The van der Waals surface area contributed by atoms with Crippen LogP contribution in [0.1, 0.15) is 24.8 Å². The second-order valence-electron chi connectivity index (χ2n) is 7.34. The van der Waals surface area contributed by atoms with Gasteiger partial charge in [0.1, 0.15) is 0 Å². The fourth-order valence-electron chi connectivity index (χ4n) is 3.67. The highest BCUT2D eigenvalue weighted by Gasteiger charge is 2.19. The first kappa shape index (κ1) is 18.9. The molecule has 1 heterocycles. The van der Waals surface area contributed by atoms with Gasteiger partial charge in [-0.05, 0) is 47.7 Å². The highest BCUT2D eigenvalue weighted by Crippen LogP contribution is 2.24. The molecule has 1 aliphatic rings. The van der Waals surface area contributed by atoms with E-state index >= 15 is 0 Å². The van der Waals surface area contributed by atoms with Crippen LogP contribution in [0.5, 0.6) is 0 Å². The molecule has 3 aromatic carbocycles. The van der Waals surface area contributed by atoms with Crippen LogP contribution in [0.15, 0.2) is 78.9 Å². The van der Waals surface area contributed by atoms with Gasteiger partial charge in [0, 0.05) is 24.3 Å². The molecular weight excluding hydrogens is 360 g/mol. The van der Waals surface area contributed by atoms with Gasteiger partial charge in [0.15, 0.2) is 0 Å². The SMILES string of the molecule is O=C(Cc1ccc(-c2ccccc2)cc1)Nc1cccc(N2CCCCC2=O)c1. The Morgan fingerprint density at radius 2 is 1.62 bits per heavy atom. The zero-order valence-corrected chi connectivity index (χ0v) is 16.3. The minimum atomic E-state index is -0.0698. The summed E-state index contributed by atoms with van der Waals surface area (Å²) in [6.07, 6.45) is 2.87. The van der Waals surface area contributed by atoms with Crippen LogP contribution in [0.25, 0.3) is 11.1 Å². The third-order valence-corrected chi connectivity index (χ3v) is 5.19. The Kier molecular flexibility index (Phi) is 5.71. The molecule has 0 atom stereocenters. The highest BCUT2D eigenvalue weighted by atomic mass is 16.2. The van der Waals surface area contributed by atoms with E-state index in [4.69, 9.17) is 0 Å². The molecule has 146 valence electrons. The van der Waals surface area contributed by atoms with E-state index in [1.165, 1.54) is 0 Å². The summed E-state index contributed by atoms with van der Waals surface area (Å²) in [4.78, 5) is 26.4. The van der Waals surface area contributed by atoms with Crippen LogP contribution < -0.4 is 10.2 Å². The standard InChI is InChI=1S/C25H24N2O2/c28-24(17-19-12-14-21(15-13-19)20-7-2-1-3-8-20)26-22-9-6-10-23(18-22)27-16-5-4-11-25(27)29/h1-3,6-10,12-15,18H,4-5,11,16-17H2,(H,26,28). The van der Waals surface area contributed by atoms with Gasteiger partial charge in [0.2, 0.25) is 11.8 Å². The largest absolute Gasteiger partial charge is 0.326 e. The minimum Gasteiger partial charge on any atom is -0.326 e. The predicted molar refractivity (Wildman–Crippen MR) is 117 cm³/mol. The first-order chi connectivity index (χ1) is 14.2. The van der Waals surface area contributed by atoms with Crippen molar-refractivity contribution in [3.63, 3.8) is 0 Å². The lowest BCUT2D eigenvalue weighted by atomic mass is 10.0. The van der Waals surface area contributed by atoms with Crippen molar-refractivity contribution in [2.75, 3.05) is 16.8 Å². The van der Waals surface area contributed by atoms with Crippen molar-refractivity contribution >= 4 is 23.2 Å². The summed E-state index contributed by atoms with van der Waals surface area (Å²) in [5.41, 5.74) is 4.82. The normalized spacial score (nSPS) is 13.9. The molecule has 0 saturated carbocycles. The Bertz CT molecular complexity index is 997. The maximum atomic E-state index is 12.5. The number of nitrogens with zero attached hydrogens (tertiary/aromatic N) is 1. The topological polar surface area (TPSA) is 49.4 Å². The summed E-state index contributed by atoms with van der Waals surface area (Å²) in [7, 11) is 0. The fraction of sp³-hybridized carbons (Fsp3) is 0.200. The summed E-state index contributed by atoms with van der Waals surface area (Å²) in [6, 6.07) is 25.8. The van der Waals surface area contributed by atoms with E-state index in [0.29, 0.717) is 18.5 Å². The zero-order valence-electron chi connectivity index (χ0n) is 16.3. The molecule has 1 N–H and O–H groups in total. The first-order valence-electron chi connectivity index (χ1n) is 10.0. The summed E-state index contributed by atoms with van der Waals surface area (Å²) in [5.74, 6) is 0.0813. The summed E-state index contributed by atoms with van der Waals surface area (Å²) in [5, 5.41) is 2.95. The lowest BCUT2D eigenvalue weighted by Crippen LogP contribution is -2.35.